The molecule has 0 aromatic carbocycles. The Morgan fingerprint density at radius 1 is 1.42 bits per heavy atom. The molecule has 1 saturated heterocycles. The second-order valence-corrected chi connectivity index (χ2v) is 9.38. The smallest absolute Gasteiger partial charge is 0.308 e. The van der Waals surface area contributed by atoms with Crippen molar-refractivity contribution in [2.75, 3.05) is 18.1 Å². The molecule has 1 rings (SSSR count). The highest BCUT2D eigenvalue weighted by Gasteiger charge is 2.37. The van der Waals surface area contributed by atoms with E-state index in [2.05, 4.69) is 4.72 Å². The summed E-state index contributed by atoms with van der Waals surface area (Å²) in [6.07, 6.45) is 0.0666. The van der Waals surface area contributed by atoms with Gasteiger partial charge in [0.25, 0.3) is 0 Å². The number of sulfonamides is 1. The molecule has 2 atom stereocenters. The molecule has 0 radical (unpaired) electrons. The number of sulfone groups is 1. The summed E-state index contributed by atoms with van der Waals surface area (Å²) in [5.74, 6) is -2.63. The van der Waals surface area contributed by atoms with Crippen LogP contribution in [0, 0.1) is 11.8 Å². The molecule has 0 bridgehead atoms. The number of aliphatic carboxylic acids is 1. The molecule has 0 spiro atoms. The lowest BCUT2D eigenvalue weighted by atomic mass is 9.97. The third-order valence-electron chi connectivity index (χ3n) is 3.26. The molecule has 1 aliphatic heterocycles. The van der Waals surface area contributed by atoms with Gasteiger partial charge in [0.2, 0.25) is 10.0 Å². The predicted octanol–water partition coefficient (Wildman–Crippen LogP) is -0.550. The number of hydrogen-bond donors (Lipinski definition) is 2. The van der Waals surface area contributed by atoms with Crippen molar-refractivity contribution in [3.63, 3.8) is 0 Å². The maximum atomic E-state index is 11.9. The van der Waals surface area contributed by atoms with Gasteiger partial charge in [-0.25, -0.2) is 21.6 Å². The minimum Gasteiger partial charge on any atom is -0.481 e. The molecule has 7 nitrogen and oxygen atoms in total. The molecule has 9 heteroatoms. The SMILES string of the molecule is CC(C)C(CNS(=O)(=O)C1CCS(=O)(=O)C1)C(=O)O. The lowest BCUT2D eigenvalue weighted by Crippen LogP contribution is -2.40. The van der Waals surface area contributed by atoms with Crippen LogP contribution in [0.5, 0.6) is 0 Å². The summed E-state index contributed by atoms with van der Waals surface area (Å²) in [5.41, 5.74) is 0. The first-order valence-electron chi connectivity index (χ1n) is 5.97. The van der Waals surface area contributed by atoms with E-state index in [1.54, 1.807) is 13.8 Å². The van der Waals surface area contributed by atoms with Crippen molar-refractivity contribution < 1.29 is 26.7 Å². The maximum Gasteiger partial charge on any atom is 0.308 e. The molecule has 2 N–H and O–H groups in total. The number of hydrogen-bond acceptors (Lipinski definition) is 5. The van der Waals surface area contributed by atoms with Crippen molar-refractivity contribution in [3.05, 3.63) is 0 Å². The molecule has 0 amide bonds. The zero-order valence-corrected chi connectivity index (χ0v) is 12.5. The van der Waals surface area contributed by atoms with Crippen LogP contribution in [0.3, 0.4) is 0 Å². The molecule has 0 aromatic heterocycles. The topological polar surface area (TPSA) is 118 Å². The highest BCUT2D eigenvalue weighted by atomic mass is 32.2. The van der Waals surface area contributed by atoms with Gasteiger partial charge in [0.15, 0.2) is 9.84 Å². The normalized spacial score (nSPS) is 24.5. The summed E-state index contributed by atoms with van der Waals surface area (Å²) < 4.78 is 48.5. The van der Waals surface area contributed by atoms with E-state index >= 15 is 0 Å². The fourth-order valence-electron chi connectivity index (χ4n) is 1.94. The Morgan fingerprint density at radius 3 is 2.37 bits per heavy atom. The highest BCUT2D eigenvalue weighted by Crippen LogP contribution is 2.19. The van der Waals surface area contributed by atoms with E-state index in [9.17, 15) is 21.6 Å². The fraction of sp³-hybridized carbons (Fsp3) is 0.900. The minimum atomic E-state index is -3.79. The lowest BCUT2D eigenvalue weighted by Gasteiger charge is -2.18. The summed E-state index contributed by atoms with van der Waals surface area (Å²) in [6, 6.07) is 0. The summed E-state index contributed by atoms with van der Waals surface area (Å²) in [7, 11) is -7.07. The third kappa shape index (κ3) is 4.43. The van der Waals surface area contributed by atoms with Gasteiger partial charge in [-0.2, -0.15) is 0 Å². The Morgan fingerprint density at radius 2 is 2.00 bits per heavy atom. The molecule has 1 aliphatic rings. The van der Waals surface area contributed by atoms with Gasteiger partial charge in [-0.05, 0) is 12.3 Å². The zero-order chi connectivity index (χ0) is 14.8. The van der Waals surface area contributed by atoms with E-state index < -0.39 is 37.0 Å². The van der Waals surface area contributed by atoms with Crippen molar-refractivity contribution in [1.29, 1.82) is 0 Å². The molecule has 0 aromatic rings. The number of nitrogens with one attached hydrogen (secondary N) is 1. The van der Waals surface area contributed by atoms with Crippen LogP contribution in [0.4, 0.5) is 0 Å². The van der Waals surface area contributed by atoms with Crippen molar-refractivity contribution in [1.82, 2.24) is 4.72 Å². The molecule has 0 aliphatic carbocycles. The van der Waals surface area contributed by atoms with Crippen LogP contribution in [0.1, 0.15) is 20.3 Å². The van der Waals surface area contributed by atoms with Crippen LogP contribution in [0.15, 0.2) is 0 Å². The number of carboxylic acids is 1. The van der Waals surface area contributed by atoms with Crippen LogP contribution >= 0.6 is 0 Å². The van der Waals surface area contributed by atoms with Crippen molar-refractivity contribution in [2.24, 2.45) is 11.8 Å². The zero-order valence-electron chi connectivity index (χ0n) is 10.9. The fourth-order valence-corrected chi connectivity index (χ4v) is 6.04. The van der Waals surface area contributed by atoms with Gasteiger partial charge in [0.05, 0.1) is 22.7 Å². The molecule has 112 valence electrons. The first-order chi connectivity index (χ1) is 8.55. The van der Waals surface area contributed by atoms with Crippen LogP contribution in [-0.4, -0.2) is 51.2 Å². The highest BCUT2D eigenvalue weighted by molar-refractivity contribution is 7.95. The van der Waals surface area contributed by atoms with Gasteiger partial charge in [0, 0.05) is 6.54 Å². The first kappa shape index (κ1) is 16.4. The summed E-state index contributed by atoms with van der Waals surface area (Å²) >= 11 is 0. The number of carbonyl (C=O) groups is 1. The molecule has 19 heavy (non-hydrogen) atoms. The molecule has 1 fully saturated rings. The maximum absolute atomic E-state index is 11.9. The van der Waals surface area contributed by atoms with Crippen LogP contribution in [0.25, 0.3) is 0 Å². The minimum absolute atomic E-state index is 0.0666. The summed E-state index contributed by atoms with van der Waals surface area (Å²) in [4.78, 5) is 11.0. The van der Waals surface area contributed by atoms with Gasteiger partial charge >= 0.3 is 5.97 Å². The van der Waals surface area contributed by atoms with Gasteiger partial charge < -0.3 is 5.11 Å². The van der Waals surface area contributed by atoms with Crippen molar-refractivity contribution >= 4 is 25.8 Å². The number of rotatable bonds is 6. The molecule has 1 heterocycles. The average molecular weight is 313 g/mol. The molecule has 2 unspecified atom stereocenters. The third-order valence-corrected chi connectivity index (χ3v) is 7.08. The van der Waals surface area contributed by atoms with E-state index in [1.807, 2.05) is 0 Å². The second-order valence-electron chi connectivity index (χ2n) is 5.11. The Hall–Kier alpha value is -0.670. The van der Waals surface area contributed by atoms with Crippen molar-refractivity contribution in [2.45, 2.75) is 25.5 Å². The number of carboxylic acid groups (broad SMARTS) is 1. The van der Waals surface area contributed by atoms with Gasteiger partial charge in [-0.3, -0.25) is 4.79 Å². The van der Waals surface area contributed by atoms with Gasteiger partial charge in [-0.1, -0.05) is 13.8 Å². The Labute approximate surface area is 113 Å². The van der Waals surface area contributed by atoms with E-state index in [0.29, 0.717) is 0 Å². The Bertz CT molecular complexity index is 536. The Balaban J connectivity index is 2.68. The van der Waals surface area contributed by atoms with E-state index in [-0.39, 0.29) is 30.4 Å². The second kappa shape index (κ2) is 5.76. The van der Waals surface area contributed by atoms with Crippen LogP contribution in [0.2, 0.25) is 0 Å². The van der Waals surface area contributed by atoms with E-state index in [4.69, 9.17) is 5.11 Å². The Kier molecular flexibility index (Phi) is 4.97. The van der Waals surface area contributed by atoms with E-state index in [1.165, 1.54) is 0 Å². The van der Waals surface area contributed by atoms with E-state index in [0.717, 1.165) is 0 Å². The predicted molar refractivity (Wildman–Crippen MR) is 69.9 cm³/mol. The standard InChI is InChI=1S/C10H19NO6S2/c1-7(2)9(10(12)13)5-11-19(16,17)8-3-4-18(14,15)6-8/h7-9,11H,3-6H2,1-2H3,(H,12,13). The largest absolute Gasteiger partial charge is 0.481 e. The van der Waals surface area contributed by atoms with Crippen LogP contribution < -0.4 is 4.72 Å². The molecule has 0 saturated carbocycles. The molecular formula is C10H19NO6S2. The van der Waals surface area contributed by atoms with Gasteiger partial charge in [-0.15, -0.1) is 0 Å². The lowest BCUT2D eigenvalue weighted by molar-refractivity contribution is -0.142. The average Bonchev–Trinajstić information content (AvgIpc) is 2.58. The quantitative estimate of drug-likeness (QED) is 0.679. The van der Waals surface area contributed by atoms with Crippen LogP contribution in [-0.2, 0) is 24.7 Å². The van der Waals surface area contributed by atoms with Crippen molar-refractivity contribution in [3.8, 4) is 0 Å². The van der Waals surface area contributed by atoms with Gasteiger partial charge in [0.1, 0.15) is 0 Å². The molecular weight excluding hydrogens is 294 g/mol. The summed E-state index contributed by atoms with van der Waals surface area (Å²) in [5, 5.41) is 7.99. The summed E-state index contributed by atoms with van der Waals surface area (Å²) in [6.45, 7) is 3.16. The monoisotopic (exact) mass is 313 g/mol. The first-order valence-corrected chi connectivity index (χ1v) is 9.33.